The summed E-state index contributed by atoms with van der Waals surface area (Å²) in [5.74, 6) is 0. The molecule has 1 heterocycles. The van der Waals surface area contributed by atoms with Gasteiger partial charge in [0.2, 0.25) is 0 Å². The van der Waals surface area contributed by atoms with E-state index in [1.54, 1.807) is 6.26 Å². The van der Waals surface area contributed by atoms with Gasteiger partial charge in [-0.1, -0.05) is 30.3 Å². The fourth-order valence-electron chi connectivity index (χ4n) is 2.60. The summed E-state index contributed by atoms with van der Waals surface area (Å²) in [6.45, 7) is 8.12. The minimum atomic E-state index is -2.47. The van der Waals surface area contributed by atoms with Gasteiger partial charge in [0, 0.05) is 11.2 Å². The smallest absolute Gasteiger partial charge is 0.399 e. The summed E-state index contributed by atoms with van der Waals surface area (Å²) in [5.41, 5.74) is 0.869. The van der Waals surface area contributed by atoms with Crippen LogP contribution in [0, 0.1) is 0 Å². The van der Waals surface area contributed by atoms with Crippen molar-refractivity contribution in [2.45, 2.75) is 43.8 Å². The van der Waals surface area contributed by atoms with Crippen LogP contribution >= 0.6 is 0 Å². The standard InChI is InChI=1S/C19H24BNO3S/c1-18(2)19(3,4)24-20(23-18)15-11-13-16(14-12-15)21-25(5,22)17-9-7-6-8-10-17/h6-14H,1-5H3/t25-/m0/s1. The molecule has 3 rings (SSSR count). The van der Waals surface area contributed by atoms with Gasteiger partial charge in [0.05, 0.1) is 26.6 Å². The Morgan fingerprint density at radius 2 is 1.40 bits per heavy atom. The molecule has 1 fully saturated rings. The van der Waals surface area contributed by atoms with Gasteiger partial charge in [-0.3, -0.25) is 0 Å². The van der Waals surface area contributed by atoms with Crippen molar-refractivity contribution in [1.29, 1.82) is 0 Å². The lowest BCUT2D eigenvalue weighted by Gasteiger charge is -2.32. The zero-order valence-electron chi connectivity index (χ0n) is 15.4. The van der Waals surface area contributed by atoms with Gasteiger partial charge in [0.1, 0.15) is 0 Å². The lowest BCUT2D eigenvalue weighted by atomic mass is 9.79. The normalized spacial score (nSPS) is 20.9. The monoisotopic (exact) mass is 357 g/mol. The summed E-state index contributed by atoms with van der Waals surface area (Å²) < 4.78 is 29.4. The van der Waals surface area contributed by atoms with Crippen molar-refractivity contribution in [1.82, 2.24) is 0 Å². The van der Waals surface area contributed by atoms with E-state index in [0.717, 1.165) is 10.4 Å². The SMILES string of the molecule is CC1(C)OB(c2ccc(N=[S@@](C)(=O)c3ccccc3)cc2)OC1(C)C. The first kappa shape index (κ1) is 18.2. The van der Waals surface area contributed by atoms with E-state index >= 15 is 0 Å². The molecular weight excluding hydrogens is 333 g/mol. The highest BCUT2D eigenvalue weighted by molar-refractivity contribution is 7.93. The van der Waals surface area contributed by atoms with Gasteiger partial charge < -0.3 is 9.31 Å². The van der Waals surface area contributed by atoms with Crippen molar-refractivity contribution >= 4 is 28.0 Å². The summed E-state index contributed by atoms with van der Waals surface area (Å²) in [4.78, 5) is 0.727. The Kier molecular flexibility index (Phi) is 4.56. The summed E-state index contributed by atoms with van der Waals surface area (Å²) in [6.07, 6.45) is 1.66. The van der Waals surface area contributed by atoms with Gasteiger partial charge in [0.25, 0.3) is 0 Å². The van der Waals surface area contributed by atoms with Crippen LogP contribution in [0.2, 0.25) is 0 Å². The van der Waals surface area contributed by atoms with Crippen LogP contribution in [0.25, 0.3) is 0 Å². The van der Waals surface area contributed by atoms with Crippen LogP contribution in [0.1, 0.15) is 27.7 Å². The third kappa shape index (κ3) is 3.66. The van der Waals surface area contributed by atoms with Crippen molar-refractivity contribution in [2.24, 2.45) is 4.36 Å². The Morgan fingerprint density at radius 3 is 1.92 bits per heavy atom. The molecule has 0 aromatic heterocycles. The first-order chi connectivity index (χ1) is 11.6. The maximum atomic E-state index is 12.9. The average Bonchev–Trinajstić information content (AvgIpc) is 2.77. The topological polar surface area (TPSA) is 47.9 Å². The molecule has 0 spiro atoms. The second kappa shape index (κ2) is 6.27. The number of rotatable bonds is 3. The Bertz CT molecular complexity index is 853. The average molecular weight is 357 g/mol. The molecule has 1 atom stereocenters. The van der Waals surface area contributed by atoms with E-state index in [9.17, 15) is 4.21 Å². The highest BCUT2D eigenvalue weighted by Crippen LogP contribution is 2.36. The van der Waals surface area contributed by atoms with Gasteiger partial charge in [-0.05, 0) is 57.4 Å². The van der Waals surface area contributed by atoms with Crippen LogP contribution in [0.3, 0.4) is 0 Å². The predicted molar refractivity (Wildman–Crippen MR) is 103 cm³/mol. The predicted octanol–water partition coefficient (Wildman–Crippen LogP) is 3.77. The number of hydrogen-bond donors (Lipinski definition) is 0. The maximum Gasteiger partial charge on any atom is 0.494 e. The molecule has 25 heavy (non-hydrogen) atoms. The minimum Gasteiger partial charge on any atom is -0.399 e. The second-order valence-electron chi connectivity index (χ2n) is 7.39. The molecule has 6 heteroatoms. The number of nitrogens with zero attached hydrogens (tertiary/aromatic N) is 1. The van der Waals surface area contributed by atoms with Crippen molar-refractivity contribution in [3.63, 3.8) is 0 Å². The maximum absolute atomic E-state index is 12.9. The van der Waals surface area contributed by atoms with Crippen molar-refractivity contribution in [3.05, 3.63) is 54.6 Å². The molecule has 0 aliphatic carbocycles. The van der Waals surface area contributed by atoms with Crippen molar-refractivity contribution in [2.75, 3.05) is 6.26 Å². The zero-order valence-corrected chi connectivity index (χ0v) is 16.2. The van der Waals surface area contributed by atoms with E-state index in [2.05, 4.69) is 4.36 Å². The number of hydrogen-bond acceptors (Lipinski definition) is 4. The van der Waals surface area contributed by atoms with Gasteiger partial charge >= 0.3 is 7.12 Å². The summed E-state index contributed by atoms with van der Waals surface area (Å²) in [7, 11) is -2.87. The highest BCUT2D eigenvalue weighted by atomic mass is 32.2. The van der Waals surface area contributed by atoms with E-state index in [1.807, 2.05) is 82.3 Å². The molecule has 0 amide bonds. The molecule has 0 bridgehead atoms. The number of benzene rings is 2. The van der Waals surface area contributed by atoms with E-state index in [1.165, 1.54) is 0 Å². The van der Waals surface area contributed by atoms with E-state index in [-0.39, 0.29) is 11.2 Å². The van der Waals surface area contributed by atoms with Crippen LogP contribution in [0.4, 0.5) is 5.69 Å². The molecule has 132 valence electrons. The Morgan fingerprint density at radius 1 is 0.880 bits per heavy atom. The molecule has 1 aliphatic heterocycles. The van der Waals surface area contributed by atoms with Crippen LogP contribution in [-0.4, -0.2) is 28.8 Å². The molecule has 0 saturated carbocycles. The molecule has 1 aliphatic rings. The van der Waals surface area contributed by atoms with Crippen molar-refractivity contribution < 1.29 is 13.5 Å². The summed E-state index contributed by atoms with van der Waals surface area (Å²) >= 11 is 0. The first-order valence-corrected chi connectivity index (χ1v) is 10.3. The van der Waals surface area contributed by atoms with Gasteiger partial charge in [-0.25, -0.2) is 4.21 Å². The summed E-state index contributed by atoms with van der Waals surface area (Å²) in [5, 5.41) is 0. The fraction of sp³-hybridized carbons (Fsp3) is 0.368. The highest BCUT2D eigenvalue weighted by Gasteiger charge is 2.51. The Labute approximate surface area is 150 Å². The Hall–Kier alpha value is -1.63. The second-order valence-corrected chi connectivity index (χ2v) is 9.65. The minimum absolute atomic E-state index is 0.369. The van der Waals surface area contributed by atoms with E-state index < -0.39 is 16.8 Å². The Balaban J connectivity index is 1.85. The third-order valence-corrected chi connectivity index (χ3v) is 6.58. The molecule has 4 nitrogen and oxygen atoms in total. The van der Waals surface area contributed by atoms with E-state index in [4.69, 9.17) is 9.31 Å². The quantitative estimate of drug-likeness (QED) is 0.786. The fourth-order valence-corrected chi connectivity index (χ4v) is 3.89. The lowest BCUT2D eigenvalue weighted by Crippen LogP contribution is -2.41. The van der Waals surface area contributed by atoms with Gasteiger partial charge in [-0.15, -0.1) is 0 Å². The third-order valence-electron chi connectivity index (χ3n) is 4.88. The van der Waals surface area contributed by atoms with Gasteiger partial charge in [-0.2, -0.15) is 4.36 Å². The van der Waals surface area contributed by atoms with E-state index in [0.29, 0.717) is 5.69 Å². The van der Waals surface area contributed by atoms with Crippen LogP contribution in [0.5, 0.6) is 0 Å². The van der Waals surface area contributed by atoms with Crippen LogP contribution in [0.15, 0.2) is 63.9 Å². The largest absolute Gasteiger partial charge is 0.494 e. The molecule has 0 unspecified atom stereocenters. The molecule has 2 aromatic rings. The van der Waals surface area contributed by atoms with Crippen LogP contribution in [-0.2, 0) is 19.0 Å². The van der Waals surface area contributed by atoms with Crippen LogP contribution < -0.4 is 5.46 Å². The molecular formula is C19H24BNO3S. The molecule has 2 aromatic carbocycles. The lowest BCUT2D eigenvalue weighted by molar-refractivity contribution is 0.00578. The molecule has 0 radical (unpaired) electrons. The molecule has 0 N–H and O–H groups in total. The van der Waals surface area contributed by atoms with Crippen molar-refractivity contribution in [3.8, 4) is 0 Å². The zero-order chi connectivity index (χ0) is 18.3. The van der Waals surface area contributed by atoms with Gasteiger partial charge in [0.15, 0.2) is 0 Å². The first-order valence-electron chi connectivity index (χ1n) is 8.34. The molecule has 1 saturated heterocycles. The summed E-state index contributed by atoms with van der Waals surface area (Å²) in [6, 6.07) is 16.9.